The van der Waals surface area contributed by atoms with E-state index in [1.54, 1.807) is 22.0 Å². The number of anilines is 1. The quantitative estimate of drug-likeness (QED) is 0.359. The number of aromatic nitrogens is 2. The summed E-state index contributed by atoms with van der Waals surface area (Å²) in [5.74, 6) is 0.0686. The van der Waals surface area contributed by atoms with Gasteiger partial charge in [0.1, 0.15) is 4.83 Å². The normalized spacial score (nSPS) is 12.9. The van der Waals surface area contributed by atoms with Crippen molar-refractivity contribution in [1.29, 1.82) is 0 Å². The molecule has 0 bridgehead atoms. The number of allylic oxidation sites excluding steroid dienone is 1. The highest BCUT2D eigenvalue weighted by Gasteiger charge is 2.23. The van der Waals surface area contributed by atoms with Crippen LogP contribution >= 0.6 is 23.1 Å². The van der Waals surface area contributed by atoms with Crippen molar-refractivity contribution in [3.05, 3.63) is 62.8 Å². The van der Waals surface area contributed by atoms with Crippen molar-refractivity contribution in [2.75, 3.05) is 11.1 Å². The van der Waals surface area contributed by atoms with Gasteiger partial charge in [0.05, 0.1) is 11.1 Å². The number of benzene rings is 1. The third kappa shape index (κ3) is 3.89. The summed E-state index contributed by atoms with van der Waals surface area (Å²) in [4.78, 5) is 32.4. The Morgan fingerprint density at radius 2 is 2.17 bits per heavy atom. The van der Waals surface area contributed by atoms with Gasteiger partial charge in [0.2, 0.25) is 5.91 Å². The SMILES string of the molecule is C=CCn1c(SCC(=O)Nc2ccc(C)c(C)c2)nc2sc3c(c2c1=O)CCC3. The van der Waals surface area contributed by atoms with Crippen molar-refractivity contribution in [3.63, 3.8) is 0 Å². The monoisotopic (exact) mass is 425 g/mol. The molecule has 3 aromatic rings. The lowest BCUT2D eigenvalue weighted by Crippen LogP contribution is -2.24. The van der Waals surface area contributed by atoms with Crippen LogP contribution in [0.25, 0.3) is 10.2 Å². The highest BCUT2D eigenvalue weighted by Crippen LogP contribution is 2.35. The molecule has 7 heteroatoms. The molecule has 29 heavy (non-hydrogen) atoms. The maximum atomic E-state index is 13.1. The summed E-state index contributed by atoms with van der Waals surface area (Å²) in [7, 11) is 0. The number of hydrogen-bond acceptors (Lipinski definition) is 5. The zero-order chi connectivity index (χ0) is 20.5. The fourth-order valence-corrected chi connectivity index (χ4v) is 5.72. The lowest BCUT2D eigenvalue weighted by atomic mass is 10.1. The molecule has 0 atom stereocenters. The summed E-state index contributed by atoms with van der Waals surface area (Å²) in [6.07, 6.45) is 4.77. The minimum Gasteiger partial charge on any atom is -0.325 e. The van der Waals surface area contributed by atoms with Crippen molar-refractivity contribution >= 4 is 44.9 Å². The van der Waals surface area contributed by atoms with Gasteiger partial charge in [0.25, 0.3) is 5.56 Å². The maximum absolute atomic E-state index is 13.1. The lowest BCUT2D eigenvalue weighted by Gasteiger charge is -2.11. The average Bonchev–Trinajstić information content (AvgIpc) is 3.26. The Hall–Kier alpha value is -2.38. The second kappa shape index (κ2) is 8.16. The first-order chi connectivity index (χ1) is 14.0. The molecule has 0 aliphatic heterocycles. The number of carbonyl (C=O) groups is 1. The van der Waals surface area contributed by atoms with E-state index >= 15 is 0 Å². The molecule has 0 radical (unpaired) electrons. The summed E-state index contributed by atoms with van der Waals surface area (Å²) >= 11 is 2.91. The number of rotatable bonds is 6. The van der Waals surface area contributed by atoms with Crippen molar-refractivity contribution in [1.82, 2.24) is 9.55 Å². The zero-order valence-electron chi connectivity index (χ0n) is 16.6. The van der Waals surface area contributed by atoms with Crippen molar-refractivity contribution in [2.45, 2.75) is 44.8 Å². The van der Waals surface area contributed by atoms with Gasteiger partial charge in [-0.2, -0.15) is 0 Å². The minimum atomic E-state index is -0.119. The molecule has 0 saturated carbocycles. The zero-order valence-corrected chi connectivity index (χ0v) is 18.2. The van der Waals surface area contributed by atoms with E-state index in [9.17, 15) is 9.59 Å². The molecular weight excluding hydrogens is 402 g/mol. The third-order valence-electron chi connectivity index (χ3n) is 5.22. The Bertz CT molecular complexity index is 1180. The first-order valence-corrected chi connectivity index (χ1v) is 11.4. The molecule has 1 amide bonds. The maximum Gasteiger partial charge on any atom is 0.263 e. The largest absolute Gasteiger partial charge is 0.325 e. The lowest BCUT2D eigenvalue weighted by molar-refractivity contribution is -0.113. The topological polar surface area (TPSA) is 64.0 Å². The van der Waals surface area contributed by atoms with Crippen LogP contribution in [0.15, 0.2) is 40.8 Å². The van der Waals surface area contributed by atoms with E-state index in [-0.39, 0.29) is 17.2 Å². The number of carbonyl (C=O) groups excluding carboxylic acids is 1. The number of fused-ring (bicyclic) bond motifs is 3. The van der Waals surface area contributed by atoms with Crippen LogP contribution in [0.4, 0.5) is 5.69 Å². The van der Waals surface area contributed by atoms with E-state index in [2.05, 4.69) is 11.9 Å². The van der Waals surface area contributed by atoms with Gasteiger partial charge in [-0.1, -0.05) is 23.9 Å². The molecule has 0 unspecified atom stereocenters. The van der Waals surface area contributed by atoms with Crippen LogP contribution in [0.1, 0.15) is 28.0 Å². The summed E-state index contributed by atoms with van der Waals surface area (Å²) in [5.41, 5.74) is 4.25. The van der Waals surface area contributed by atoms with E-state index in [0.29, 0.717) is 11.7 Å². The highest BCUT2D eigenvalue weighted by molar-refractivity contribution is 7.99. The van der Waals surface area contributed by atoms with Crippen LogP contribution in [-0.4, -0.2) is 21.2 Å². The van der Waals surface area contributed by atoms with E-state index < -0.39 is 0 Å². The molecule has 0 fully saturated rings. The van der Waals surface area contributed by atoms with Crippen molar-refractivity contribution < 1.29 is 4.79 Å². The molecule has 150 valence electrons. The van der Waals surface area contributed by atoms with Crippen LogP contribution in [-0.2, 0) is 24.2 Å². The molecule has 4 rings (SSSR count). The number of nitrogens with zero attached hydrogens (tertiary/aromatic N) is 2. The smallest absolute Gasteiger partial charge is 0.263 e. The van der Waals surface area contributed by atoms with Gasteiger partial charge in [-0.3, -0.25) is 14.2 Å². The molecular formula is C22H23N3O2S2. The minimum absolute atomic E-state index is 0.0219. The van der Waals surface area contributed by atoms with Gasteiger partial charge in [0, 0.05) is 17.1 Å². The number of thiophene rings is 1. The fourth-order valence-electron chi connectivity index (χ4n) is 3.60. The molecule has 0 saturated heterocycles. The van der Waals surface area contributed by atoms with Crippen LogP contribution < -0.4 is 10.9 Å². The van der Waals surface area contributed by atoms with Crippen LogP contribution in [0.2, 0.25) is 0 Å². The van der Waals surface area contributed by atoms with Gasteiger partial charge < -0.3 is 5.32 Å². The molecule has 1 N–H and O–H groups in total. The van der Waals surface area contributed by atoms with E-state index in [4.69, 9.17) is 4.98 Å². The Kier molecular flexibility index (Phi) is 5.61. The second-order valence-electron chi connectivity index (χ2n) is 7.27. The summed E-state index contributed by atoms with van der Waals surface area (Å²) in [5, 5.41) is 4.25. The number of aryl methyl sites for hydroxylation is 4. The second-order valence-corrected chi connectivity index (χ2v) is 9.30. The first kappa shape index (κ1) is 19.9. The molecule has 1 aliphatic carbocycles. The predicted molar refractivity (Wildman–Crippen MR) is 121 cm³/mol. The van der Waals surface area contributed by atoms with Crippen LogP contribution in [0, 0.1) is 13.8 Å². The Morgan fingerprint density at radius 3 is 2.93 bits per heavy atom. The van der Waals surface area contributed by atoms with Crippen LogP contribution in [0.3, 0.4) is 0 Å². The molecule has 1 aromatic carbocycles. The fraction of sp³-hybridized carbons (Fsp3) is 0.318. The van der Waals surface area contributed by atoms with Crippen molar-refractivity contribution in [3.8, 4) is 0 Å². The van der Waals surface area contributed by atoms with E-state index in [1.165, 1.54) is 27.8 Å². The number of amides is 1. The molecule has 0 spiro atoms. The Labute approximate surface area is 177 Å². The first-order valence-electron chi connectivity index (χ1n) is 9.64. The van der Waals surface area contributed by atoms with Gasteiger partial charge in [-0.25, -0.2) is 4.98 Å². The summed E-state index contributed by atoms with van der Waals surface area (Å²) in [6.45, 7) is 8.21. The molecule has 2 aromatic heterocycles. The Morgan fingerprint density at radius 1 is 1.34 bits per heavy atom. The van der Waals surface area contributed by atoms with Gasteiger partial charge in [-0.15, -0.1) is 17.9 Å². The van der Waals surface area contributed by atoms with Gasteiger partial charge in [0.15, 0.2) is 5.16 Å². The van der Waals surface area contributed by atoms with Gasteiger partial charge in [-0.05, 0) is 61.9 Å². The number of nitrogens with one attached hydrogen (secondary N) is 1. The molecule has 5 nitrogen and oxygen atoms in total. The third-order valence-corrected chi connectivity index (χ3v) is 7.39. The number of hydrogen-bond donors (Lipinski definition) is 1. The molecule has 2 heterocycles. The van der Waals surface area contributed by atoms with Crippen LogP contribution in [0.5, 0.6) is 0 Å². The average molecular weight is 426 g/mol. The molecule has 1 aliphatic rings. The van der Waals surface area contributed by atoms with Crippen molar-refractivity contribution in [2.24, 2.45) is 0 Å². The Balaban J connectivity index is 1.57. The highest BCUT2D eigenvalue weighted by atomic mass is 32.2. The van der Waals surface area contributed by atoms with Gasteiger partial charge >= 0.3 is 0 Å². The number of thioether (sulfide) groups is 1. The summed E-state index contributed by atoms with van der Waals surface area (Å²) < 4.78 is 1.63. The standard InChI is InChI=1S/C22H23N3O2S2/c1-4-10-25-21(27)19-16-6-5-7-17(16)29-20(19)24-22(25)28-12-18(26)23-15-9-8-13(2)14(3)11-15/h4,8-9,11H,1,5-7,10,12H2,2-3H3,(H,23,26). The predicted octanol–water partition coefficient (Wildman–Crippen LogP) is 4.48. The summed E-state index contributed by atoms with van der Waals surface area (Å²) in [6, 6.07) is 5.85. The van der Waals surface area contributed by atoms with E-state index in [0.717, 1.165) is 40.7 Å². The van der Waals surface area contributed by atoms with E-state index in [1.807, 2.05) is 32.0 Å².